The van der Waals surface area contributed by atoms with E-state index in [4.69, 9.17) is 4.74 Å². The van der Waals surface area contributed by atoms with Crippen molar-refractivity contribution in [3.05, 3.63) is 54.1 Å². The van der Waals surface area contributed by atoms with Gasteiger partial charge < -0.3 is 15.0 Å². The minimum Gasteiger partial charge on any atom is -0.479 e. The third kappa shape index (κ3) is 5.70. The van der Waals surface area contributed by atoms with Gasteiger partial charge in [-0.1, -0.05) is 62.4 Å². The minimum atomic E-state index is -0.504. The molecule has 0 spiro atoms. The maximum absolute atomic E-state index is 12.9. The van der Waals surface area contributed by atoms with Gasteiger partial charge in [0.2, 0.25) is 5.91 Å². The normalized spacial score (nSPS) is 18.7. The predicted octanol–water partition coefficient (Wildman–Crippen LogP) is 5.73. The number of amides is 2. The number of hydrogen-bond acceptors (Lipinski definition) is 3. The molecule has 0 bridgehead atoms. The molecule has 5 heteroatoms. The van der Waals surface area contributed by atoms with Gasteiger partial charge in [-0.3, -0.25) is 9.59 Å². The van der Waals surface area contributed by atoms with Crippen molar-refractivity contribution in [2.24, 2.45) is 5.92 Å². The molecule has 0 saturated heterocycles. The highest BCUT2D eigenvalue weighted by Crippen LogP contribution is 2.36. The van der Waals surface area contributed by atoms with Crippen LogP contribution in [0.1, 0.15) is 63.9 Å². The SMILES string of the molecule is CC1Oc2ccc(NC(=O)CCC3CCCCC3)cc2N(CCCc2ccccc2)C1=O. The largest absolute Gasteiger partial charge is 0.479 e. The van der Waals surface area contributed by atoms with Crippen LogP contribution in [-0.2, 0) is 16.0 Å². The summed E-state index contributed by atoms with van der Waals surface area (Å²) >= 11 is 0. The van der Waals surface area contributed by atoms with Crippen LogP contribution in [0.15, 0.2) is 48.5 Å². The van der Waals surface area contributed by atoms with Crippen molar-refractivity contribution in [1.82, 2.24) is 0 Å². The molecule has 2 amide bonds. The molecule has 1 aliphatic heterocycles. The van der Waals surface area contributed by atoms with Crippen molar-refractivity contribution in [2.75, 3.05) is 16.8 Å². The summed E-state index contributed by atoms with van der Waals surface area (Å²) < 4.78 is 5.82. The molecule has 1 saturated carbocycles. The first kappa shape index (κ1) is 22.4. The van der Waals surface area contributed by atoms with Crippen LogP contribution in [-0.4, -0.2) is 24.5 Å². The Morgan fingerprint density at radius 2 is 1.88 bits per heavy atom. The molecule has 1 unspecified atom stereocenters. The average molecular weight is 435 g/mol. The van der Waals surface area contributed by atoms with E-state index < -0.39 is 6.10 Å². The number of anilines is 2. The first-order chi connectivity index (χ1) is 15.6. The third-order valence-electron chi connectivity index (χ3n) is 6.65. The van der Waals surface area contributed by atoms with E-state index in [0.29, 0.717) is 24.6 Å². The Morgan fingerprint density at radius 1 is 1.09 bits per heavy atom. The molecule has 2 aromatic rings. The van der Waals surface area contributed by atoms with Crippen LogP contribution in [0.2, 0.25) is 0 Å². The Bertz CT molecular complexity index is 922. The lowest BCUT2D eigenvalue weighted by molar-refractivity contribution is -0.125. The van der Waals surface area contributed by atoms with Gasteiger partial charge in [0, 0.05) is 18.7 Å². The summed E-state index contributed by atoms with van der Waals surface area (Å²) in [5, 5.41) is 3.03. The van der Waals surface area contributed by atoms with E-state index >= 15 is 0 Å². The number of nitrogens with zero attached hydrogens (tertiary/aromatic N) is 1. The summed E-state index contributed by atoms with van der Waals surface area (Å²) in [5.41, 5.74) is 2.73. The number of carbonyl (C=O) groups excluding carboxylic acids is 2. The minimum absolute atomic E-state index is 0.0358. The molecule has 1 aliphatic carbocycles. The van der Waals surface area contributed by atoms with Gasteiger partial charge in [-0.05, 0) is 55.9 Å². The van der Waals surface area contributed by atoms with Crippen LogP contribution in [0.25, 0.3) is 0 Å². The van der Waals surface area contributed by atoms with E-state index in [1.165, 1.54) is 37.7 Å². The topological polar surface area (TPSA) is 58.6 Å². The molecular formula is C27H34N2O3. The van der Waals surface area contributed by atoms with E-state index in [9.17, 15) is 9.59 Å². The van der Waals surface area contributed by atoms with Gasteiger partial charge in [-0.25, -0.2) is 0 Å². The van der Waals surface area contributed by atoms with Crippen molar-refractivity contribution >= 4 is 23.2 Å². The van der Waals surface area contributed by atoms with Crippen molar-refractivity contribution in [2.45, 2.75) is 70.8 Å². The molecule has 170 valence electrons. The lowest BCUT2D eigenvalue weighted by atomic mass is 9.86. The molecule has 32 heavy (non-hydrogen) atoms. The quantitative estimate of drug-likeness (QED) is 0.577. The van der Waals surface area contributed by atoms with Crippen molar-refractivity contribution < 1.29 is 14.3 Å². The van der Waals surface area contributed by atoms with Gasteiger partial charge in [-0.2, -0.15) is 0 Å². The van der Waals surface area contributed by atoms with Crippen LogP contribution >= 0.6 is 0 Å². The lowest BCUT2D eigenvalue weighted by Crippen LogP contribution is -2.45. The summed E-state index contributed by atoms with van der Waals surface area (Å²) in [6.07, 6.45) is 9.20. The Kier molecular flexibility index (Phi) is 7.46. The Labute approximate surface area is 191 Å². The Balaban J connectivity index is 1.39. The number of hydrogen-bond donors (Lipinski definition) is 1. The molecule has 1 atom stereocenters. The number of rotatable bonds is 8. The highest BCUT2D eigenvalue weighted by molar-refractivity contribution is 6.01. The van der Waals surface area contributed by atoms with Crippen LogP contribution in [0.3, 0.4) is 0 Å². The van der Waals surface area contributed by atoms with Crippen LogP contribution in [0, 0.1) is 5.92 Å². The molecule has 1 N–H and O–H groups in total. The second-order valence-corrected chi connectivity index (χ2v) is 9.11. The van der Waals surface area contributed by atoms with Crippen LogP contribution < -0.4 is 15.0 Å². The summed E-state index contributed by atoms with van der Waals surface area (Å²) in [5.74, 6) is 1.39. The van der Waals surface area contributed by atoms with Crippen molar-refractivity contribution in [3.8, 4) is 5.75 Å². The summed E-state index contributed by atoms with van der Waals surface area (Å²) in [6, 6.07) is 15.9. The molecule has 1 heterocycles. The molecular weight excluding hydrogens is 400 g/mol. The number of carbonyl (C=O) groups is 2. The van der Waals surface area contributed by atoms with Crippen LogP contribution in [0.4, 0.5) is 11.4 Å². The van der Waals surface area contributed by atoms with E-state index in [1.807, 2.05) is 41.3 Å². The lowest BCUT2D eigenvalue weighted by Gasteiger charge is -2.33. The monoisotopic (exact) mass is 434 g/mol. The molecule has 0 radical (unpaired) electrons. The highest BCUT2D eigenvalue weighted by atomic mass is 16.5. The molecule has 0 aromatic heterocycles. The fourth-order valence-electron chi connectivity index (χ4n) is 4.84. The zero-order chi connectivity index (χ0) is 22.3. The van der Waals surface area contributed by atoms with Crippen LogP contribution in [0.5, 0.6) is 5.75 Å². The number of benzene rings is 2. The standard InChI is InChI=1S/C27H34N2O3/c1-20-27(31)29(18-8-13-21-9-4-2-5-10-21)24-19-23(15-16-25(24)32-20)28-26(30)17-14-22-11-6-3-7-12-22/h2,4-5,9-10,15-16,19-20,22H,3,6-8,11-14,17-18H2,1H3,(H,28,30). The maximum atomic E-state index is 12.9. The summed E-state index contributed by atoms with van der Waals surface area (Å²) in [4.78, 5) is 27.2. The number of nitrogens with one attached hydrogen (secondary N) is 1. The van der Waals surface area contributed by atoms with E-state index in [1.54, 1.807) is 6.92 Å². The number of aryl methyl sites for hydroxylation is 1. The number of fused-ring (bicyclic) bond motifs is 1. The average Bonchev–Trinajstić information content (AvgIpc) is 2.82. The highest BCUT2D eigenvalue weighted by Gasteiger charge is 2.31. The van der Waals surface area contributed by atoms with Crippen molar-refractivity contribution in [1.29, 1.82) is 0 Å². The predicted molar refractivity (Wildman–Crippen MR) is 128 cm³/mol. The molecule has 2 aliphatic rings. The smallest absolute Gasteiger partial charge is 0.267 e. The molecule has 2 aromatic carbocycles. The van der Waals surface area contributed by atoms with Crippen molar-refractivity contribution in [3.63, 3.8) is 0 Å². The van der Waals surface area contributed by atoms with Gasteiger partial charge >= 0.3 is 0 Å². The fourth-order valence-corrected chi connectivity index (χ4v) is 4.84. The second kappa shape index (κ2) is 10.7. The zero-order valence-corrected chi connectivity index (χ0v) is 19.0. The fraction of sp³-hybridized carbons (Fsp3) is 0.481. The zero-order valence-electron chi connectivity index (χ0n) is 19.0. The second-order valence-electron chi connectivity index (χ2n) is 9.11. The summed E-state index contributed by atoms with van der Waals surface area (Å²) in [6.45, 7) is 2.41. The maximum Gasteiger partial charge on any atom is 0.267 e. The summed E-state index contributed by atoms with van der Waals surface area (Å²) in [7, 11) is 0. The van der Waals surface area contributed by atoms with Gasteiger partial charge in [0.1, 0.15) is 5.75 Å². The van der Waals surface area contributed by atoms with Gasteiger partial charge in [0.25, 0.3) is 5.91 Å². The number of ether oxygens (including phenoxy) is 1. The van der Waals surface area contributed by atoms with Gasteiger partial charge in [0.05, 0.1) is 5.69 Å². The Hall–Kier alpha value is -2.82. The van der Waals surface area contributed by atoms with Gasteiger partial charge in [-0.15, -0.1) is 0 Å². The van der Waals surface area contributed by atoms with E-state index in [0.717, 1.165) is 30.6 Å². The molecule has 1 fully saturated rings. The third-order valence-corrected chi connectivity index (χ3v) is 6.65. The van der Waals surface area contributed by atoms with E-state index in [2.05, 4.69) is 17.4 Å². The molecule has 5 nitrogen and oxygen atoms in total. The first-order valence-corrected chi connectivity index (χ1v) is 12.1. The van der Waals surface area contributed by atoms with E-state index in [-0.39, 0.29) is 11.8 Å². The molecule has 4 rings (SSSR count). The Morgan fingerprint density at radius 3 is 2.66 bits per heavy atom. The van der Waals surface area contributed by atoms with Gasteiger partial charge in [0.15, 0.2) is 6.10 Å². The first-order valence-electron chi connectivity index (χ1n) is 12.1.